The van der Waals surface area contributed by atoms with E-state index in [0.717, 1.165) is 11.4 Å². The Balaban J connectivity index is 2.65. The lowest BCUT2D eigenvalue weighted by molar-refractivity contribution is -0.302. The Morgan fingerprint density at radius 3 is 2.25 bits per heavy atom. The number of nitrogens with one attached hydrogen (secondary N) is 1. The van der Waals surface area contributed by atoms with Crippen molar-refractivity contribution in [1.29, 1.82) is 0 Å². The van der Waals surface area contributed by atoms with Crippen LogP contribution >= 0.6 is 0 Å². The molecular formula is C10H7F6N3O. The highest BCUT2D eigenvalue weighted by atomic mass is 19.4. The first kappa shape index (κ1) is 14.4. The fourth-order valence-corrected chi connectivity index (χ4v) is 1.79. The van der Waals surface area contributed by atoms with Gasteiger partial charge in [0.15, 0.2) is 0 Å². The molecule has 1 N–H and O–H groups in total. The van der Waals surface area contributed by atoms with Crippen molar-refractivity contribution in [3.63, 3.8) is 0 Å². The summed E-state index contributed by atoms with van der Waals surface area (Å²) in [6.45, 7) is 1.35. The maximum atomic E-state index is 12.8. The third-order valence-electron chi connectivity index (χ3n) is 2.76. The standard InChI is InChI=1S/C10H7F6N3O/c1-5-3-2-4-6-17-8(9(11,12)13,10(14,15)16)18-7(20)19(5)6/h2-4H,1H3,(H,18,20). The zero-order valence-corrected chi connectivity index (χ0v) is 9.80. The number of halogens is 6. The van der Waals surface area contributed by atoms with Gasteiger partial charge in [-0.15, -0.1) is 0 Å². The van der Waals surface area contributed by atoms with Gasteiger partial charge in [0.05, 0.1) is 0 Å². The number of rotatable bonds is 0. The number of hydrogen-bond donors (Lipinski definition) is 1. The van der Waals surface area contributed by atoms with E-state index in [9.17, 15) is 31.1 Å². The van der Waals surface area contributed by atoms with Crippen LogP contribution in [0.25, 0.3) is 0 Å². The van der Waals surface area contributed by atoms with Crippen molar-refractivity contribution >= 4 is 11.9 Å². The van der Waals surface area contributed by atoms with E-state index >= 15 is 0 Å². The summed E-state index contributed by atoms with van der Waals surface area (Å²) in [6.07, 6.45) is -8.17. The molecule has 2 amide bonds. The second kappa shape index (κ2) is 4.00. The van der Waals surface area contributed by atoms with Gasteiger partial charge in [-0.05, 0) is 19.1 Å². The minimum Gasteiger partial charge on any atom is -0.297 e. The Kier molecular flexibility index (Phi) is 2.88. The van der Waals surface area contributed by atoms with Crippen molar-refractivity contribution in [3.8, 4) is 0 Å². The van der Waals surface area contributed by atoms with E-state index in [1.807, 2.05) is 0 Å². The van der Waals surface area contributed by atoms with Crippen LogP contribution in [0.1, 0.15) is 6.92 Å². The van der Waals surface area contributed by atoms with Crippen molar-refractivity contribution in [2.24, 2.45) is 4.99 Å². The molecule has 0 aromatic carbocycles. The first-order valence-corrected chi connectivity index (χ1v) is 5.20. The monoisotopic (exact) mass is 299 g/mol. The van der Waals surface area contributed by atoms with Crippen molar-refractivity contribution in [1.82, 2.24) is 10.2 Å². The Morgan fingerprint density at radius 1 is 1.20 bits per heavy atom. The van der Waals surface area contributed by atoms with Crippen LogP contribution in [0.3, 0.4) is 0 Å². The van der Waals surface area contributed by atoms with E-state index < -0.39 is 29.9 Å². The smallest absolute Gasteiger partial charge is 0.297 e. The summed E-state index contributed by atoms with van der Waals surface area (Å²) in [4.78, 5) is 15.0. The number of nitrogens with zero attached hydrogens (tertiary/aromatic N) is 2. The van der Waals surface area contributed by atoms with E-state index in [1.165, 1.54) is 19.1 Å². The minimum atomic E-state index is -5.82. The molecular weight excluding hydrogens is 292 g/mol. The fraction of sp³-hybridized carbons (Fsp3) is 0.400. The molecule has 0 aromatic heterocycles. The van der Waals surface area contributed by atoms with Crippen LogP contribution in [-0.4, -0.2) is 34.8 Å². The molecule has 2 aliphatic rings. The number of aliphatic imine (C=N–C) groups is 1. The quantitative estimate of drug-likeness (QED) is 0.687. The Hall–Kier alpha value is -2.00. The summed E-state index contributed by atoms with van der Waals surface area (Å²) < 4.78 is 76.9. The van der Waals surface area contributed by atoms with Crippen LogP contribution in [0.4, 0.5) is 31.1 Å². The maximum Gasteiger partial charge on any atom is 0.441 e. The summed E-state index contributed by atoms with van der Waals surface area (Å²) in [6, 6.07) is -1.54. The summed E-state index contributed by atoms with van der Waals surface area (Å²) >= 11 is 0. The van der Waals surface area contributed by atoms with Gasteiger partial charge in [-0.2, -0.15) is 26.3 Å². The predicted octanol–water partition coefficient (Wildman–Crippen LogP) is 2.70. The lowest BCUT2D eigenvalue weighted by Crippen LogP contribution is -2.71. The number of alkyl halides is 6. The molecule has 0 fully saturated rings. The highest BCUT2D eigenvalue weighted by molar-refractivity contribution is 6.08. The predicted molar refractivity (Wildman–Crippen MR) is 55.5 cm³/mol. The lowest BCUT2D eigenvalue weighted by Gasteiger charge is -2.41. The summed E-state index contributed by atoms with van der Waals surface area (Å²) in [5.74, 6) is -0.719. The number of fused-ring (bicyclic) bond motifs is 1. The molecule has 0 spiro atoms. The third kappa shape index (κ3) is 1.86. The van der Waals surface area contributed by atoms with Gasteiger partial charge < -0.3 is 0 Å². The molecule has 0 aromatic rings. The van der Waals surface area contributed by atoms with Crippen LogP contribution in [0, 0.1) is 0 Å². The Morgan fingerprint density at radius 2 is 1.75 bits per heavy atom. The molecule has 2 rings (SSSR count). The molecule has 10 heteroatoms. The molecule has 2 aliphatic heterocycles. The highest BCUT2D eigenvalue weighted by Crippen LogP contribution is 2.46. The van der Waals surface area contributed by atoms with E-state index in [-0.39, 0.29) is 5.70 Å². The zero-order chi connectivity index (χ0) is 15.3. The average molecular weight is 299 g/mol. The average Bonchev–Trinajstić information content (AvgIpc) is 2.25. The fourth-order valence-electron chi connectivity index (χ4n) is 1.79. The number of carbonyl (C=O) groups excluding carboxylic acids is 1. The molecule has 0 saturated carbocycles. The number of amidine groups is 1. The van der Waals surface area contributed by atoms with Gasteiger partial charge in [-0.3, -0.25) is 10.2 Å². The largest absolute Gasteiger partial charge is 0.441 e. The summed E-state index contributed by atoms with van der Waals surface area (Å²) in [5.41, 5.74) is -4.48. The zero-order valence-electron chi connectivity index (χ0n) is 9.80. The van der Waals surface area contributed by atoms with Crippen molar-refractivity contribution < 1.29 is 31.1 Å². The van der Waals surface area contributed by atoms with Gasteiger partial charge in [0.2, 0.25) is 0 Å². The van der Waals surface area contributed by atoms with Gasteiger partial charge in [-0.25, -0.2) is 9.79 Å². The normalized spacial score (nSPS) is 21.9. The minimum absolute atomic E-state index is 0.154. The lowest BCUT2D eigenvalue weighted by atomic mass is 10.1. The molecule has 0 bridgehead atoms. The molecule has 0 saturated heterocycles. The molecule has 0 atom stereocenters. The molecule has 2 heterocycles. The van der Waals surface area contributed by atoms with Crippen LogP contribution in [0.2, 0.25) is 0 Å². The van der Waals surface area contributed by atoms with Crippen molar-refractivity contribution in [2.75, 3.05) is 0 Å². The third-order valence-corrected chi connectivity index (χ3v) is 2.76. The van der Waals surface area contributed by atoms with Crippen LogP contribution in [0.5, 0.6) is 0 Å². The first-order chi connectivity index (χ1) is 8.99. The van der Waals surface area contributed by atoms with Gasteiger partial charge >= 0.3 is 24.0 Å². The van der Waals surface area contributed by atoms with E-state index in [2.05, 4.69) is 4.99 Å². The summed E-state index contributed by atoms with van der Waals surface area (Å²) in [5, 5.41) is 0.914. The molecule has 4 nitrogen and oxygen atoms in total. The first-order valence-electron chi connectivity index (χ1n) is 5.20. The highest BCUT2D eigenvalue weighted by Gasteiger charge is 2.74. The van der Waals surface area contributed by atoms with E-state index in [1.54, 1.807) is 0 Å². The molecule has 0 unspecified atom stereocenters. The molecule has 110 valence electrons. The number of amides is 2. The topological polar surface area (TPSA) is 44.7 Å². The second-order valence-electron chi connectivity index (χ2n) is 4.11. The molecule has 20 heavy (non-hydrogen) atoms. The van der Waals surface area contributed by atoms with Crippen LogP contribution < -0.4 is 5.32 Å². The van der Waals surface area contributed by atoms with E-state index in [4.69, 9.17) is 0 Å². The SMILES string of the molecule is CC1=CC=CC2=NC(C(F)(F)F)(C(F)(F)F)NC(=O)N12. The van der Waals surface area contributed by atoms with Gasteiger partial charge in [0, 0.05) is 5.70 Å². The Labute approximate surface area is 108 Å². The van der Waals surface area contributed by atoms with Crippen molar-refractivity contribution in [3.05, 3.63) is 23.9 Å². The number of carbonyl (C=O) groups is 1. The molecule has 0 radical (unpaired) electrons. The maximum absolute atomic E-state index is 12.8. The second-order valence-corrected chi connectivity index (χ2v) is 4.11. The van der Waals surface area contributed by atoms with Gasteiger partial charge in [0.1, 0.15) is 5.84 Å². The van der Waals surface area contributed by atoms with Crippen molar-refractivity contribution in [2.45, 2.75) is 24.9 Å². The van der Waals surface area contributed by atoms with E-state index in [0.29, 0.717) is 4.90 Å². The van der Waals surface area contributed by atoms with Crippen LogP contribution in [0.15, 0.2) is 28.9 Å². The van der Waals surface area contributed by atoms with Gasteiger partial charge in [0.25, 0.3) is 0 Å². The number of hydrogen-bond acceptors (Lipinski definition) is 2. The van der Waals surface area contributed by atoms with Gasteiger partial charge in [-0.1, -0.05) is 6.08 Å². The molecule has 0 aliphatic carbocycles. The Bertz CT molecular complexity index is 528. The summed E-state index contributed by atoms with van der Waals surface area (Å²) in [7, 11) is 0. The number of urea groups is 1. The van der Waals surface area contributed by atoms with Crippen LogP contribution in [-0.2, 0) is 0 Å². The number of allylic oxidation sites excluding steroid dienone is 3.